The topological polar surface area (TPSA) is 127 Å². The Balaban J connectivity index is 1.35. The van der Waals surface area contributed by atoms with Gasteiger partial charge in [-0.2, -0.15) is 5.10 Å². The Bertz CT molecular complexity index is 1710. The van der Waals surface area contributed by atoms with Crippen molar-refractivity contribution < 1.29 is 23.7 Å². The van der Waals surface area contributed by atoms with Crippen LogP contribution in [0.2, 0.25) is 5.02 Å². The highest BCUT2D eigenvalue weighted by molar-refractivity contribution is 6.32. The molecular formula is C40H56ClN7O5. The maximum Gasteiger partial charge on any atom is 0.238 e. The van der Waals surface area contributed by atoms with Gasteiger partial charge in [-0.05, 0) is 74.4 Å². The third-order valence-corrected chi connectivity index (χ3v) is 11.5. The van der Waals surface area contributed by atoms with Gasteiger partial charge in [-0.1, -0.05) is 25.4 Å². The van der Waals surface area contributed by atoms with Crippen LogP contribution in [0.1, 0.15) is 57.4 Å². The molecule has 0 bridgehead atoms. The van der Waals surface area contributed by atoms with Crippen molar-refractivity contribution in [2.75, 3.05) is 85.2 Å². The molecule has 2 aliphatic heterocycles. The number of pyridine rings is 1. The first-order valence-electron chi connectivity index (χ1n) is 18.3. The third-order valence-electron chi connectivity index (χ3n) is 11.2. The highest BCUT2D eigenvalue weighted by Gasteiger charge is 2.43. The lowest BCUT2D eigenvalue weighted by atomic mass is 9.73. The lowest BCUT2D eigenvalue weighted by molar-refractivity contribution is -0.117. The summed E-state index contributed by atoms with van der Waals surface area (Å²) in [4.78, 5) is 24.2. The number of benzene rings is 2. The summed E-state index contributed by atoms with van der Waals surface area (Å²) in [5.74, 6) is 7.90. The van der Waals surface area contributed by atoms with Gasteiger partial charge in [0.2, 0.25) is 5.91 Å². The SMILES string of the molecule is COc1ccc(NC(=O)CN2CCN(C(C)c3cc(OCC(C)(C)C(C)(C)N4CCOCC4)c(OC)cc3/C(Cc3ccncc3)=N\N)CC2)cc1Cl. The average Bonchev–Trinajstić information content (AvgIpc) is 3.16. The van der Waals surface area contributed by atoms with Crippen LogP contribution in [0.5, 0.6) is 17.2 Å². The van der Waals surface area contributed by atoms with Gasteiger partial charge >= 0.3 is 0 Å². The molecule has 53 heavy (non-hydrogen) atoms. The maximum atomic E-state index is 13.0. The number of methoxy groups -OCH3 is 2. The molecule has 2 aromatic carbocycles. The van der Waals surface area contributed by atoms with Crippen LogP contribution < -0.4 is 25.4 Å². The van der Waals surface area contributed by atoms with E-state index in [0.717, 1.165) is 74.9 Å². The molecule has 1 aromatic heterocycles. The quantitative estimate of drug-likeness (QED) is 0.117. The van der Waals surface area contributed by atoms with Crippen molar-refractivity contribution >= 4 is 28.9 Å². The summed E-state index contributed by atoms with van der Waals surface area (Å²) >= 11 is 6.26. The van der Waals surface area contributed by atoms with E-state index in [4.69, 9.17) is 36.4 Å². The molecule has 3 aromatic rings. The number of rotatable bonds is 15. The summed E-state index contributed by atoms with van der Waals surface area (Å²) in [5.41, 5.74) is 4.05. The molecule has 0 radical (unpaired) electrons. The van der Waals surface area contributed by atoms with Crippen molar-refractivity contribution in [2.45, 2.75) is 52.6 Å². The molecule has 288 valence electrons. The molecule has 3 N–H and O–H groups in total. The number of nitrogens with zero attached hydrogens (tertiary/aromatic N) is 5. The standard InChI is InChI=1S/C40H56ClN7O5/c1-28(47-16-14-46(15-17-47)26-38(49)44-30-8-9-35(50-6)33(41)23-30)31-24-37(53-27-39(2,3)40(4,5)48-18-20-52-21-19-48)36(51-7)25-32(31)34(45-42)22-29-10-12-43-13-11-29/h8-13,23-25,28H,14-22,26-27,42H2,1-7H3,(H,44,49)/b45-34-. The van der Waals surface area contributed by atoms with Gasteiger partial charge in [-0.25, -0.2) is 0 Å². The average molecular weight is 750 g/mol. The zero-order valence-corrected chi connectivity index (χ0v) is 33.0. The summed E-state index contributed by atoms with van der Waals surface area (Å²) < 4.78 is 23.5. The Hall–Kier alpha value is -3.94. The smallest absolute Gasteiger partial charge is 0.238 e. The number of anilines is 1. The predicted molar refractivity (Wildman–Crippen MR) is 210 cm³/mol. The number of carbonyl (C=O) groups excluding carboxylic acids is 1. The number of carbonyl (C=O) groups is 1. The molecule has 12 nitrogen and oxygen atoms in total. The Kier molecular flexibility index (Phi) is 13.6. The molecule has 5 rings (SSSR count). The van der Waals surface area contributed by atoms with Crippen molar-refractivity contribution in [1.82, 2.24) is 19.7 Å². The number of hydrogen-bond acceptors (Lipinski definition) is 11. The van der Waals surface area contributed by atoms with Crippen LogP contribution in [0.15, 0.2) is 60.0 Å². The molecule has 2 fully saturated rings. The molecular weight excluding hydrogens is 694 g/mol. The number of nitrogens with two attached hydrogens (primary N) is 1. The van der Waals surface area contributed by atoms with Gasteiger partial charge in [-0.15, -0.1) is 0 Å². The Morgan fingerprint density at radius 3 is 2.26 bits per heavy atom. The normalized spacial score (nSPS) is 17.3. The molecule has 2 saturated heterocycles. The second kappa shape index (κ2) is 17.9. The van der Waals surface area contributed by atoms with Crippen molar-refractivity contribution in [3.63, 3.8) is 0 Å². The fourth-order valence-corrected chi connectivity index (χ4v) is 7.24. The van der Waals surface area contributed by atoms with E-state index in [1.54, 1.807) is 44.8 Å². The van der Waals surface area contributed by atoms with E-state index >= 15 is 0 Å². The van der Waals surface area contributed by atoms with E-state index in [1.165, 1.54) is 0 Å². The minimum Gasteiger partial charge on any atom is -0.495 e. The van der Waals surface area contributed by atoms with Gasteiger partial charge in [0, 0.05) is 86.3 Å². The van der Waals surface area contributed by atoms with Crippen LogP contribution >= 0.6 is 11.6 Å². The van der Waals surface area contributed by atoms with Gasteiger partial charge < -0.3 is 30.1 Å². The molecule has 1 amide bonds. The first-order chi connectivity index (χ1) is 25.4. The van der Waals surface area contributed by atoms with Crippen LogP contribution in [0, 0.1) is 5.41 Å². The zero-order chi connectivity index (χ0) is 38.2. The highest BCUT2D eigenvalue weighted by atomic mass is 35.5. The van der Waals surface area contributed by atoms with Gasteiger partial charge in [0.1, 0.15) is 5.75 Å². The summed E-state index contributed by atoms with van der Waals surface area (Å²) in [6, 6.07) is 13.3. The number of ether oxygens (including phenoxy) is 4. The Morgan fingerprint density at radius 2 is 1.64 bits per heavy atom. The van der Waals surface area contributed by atoms with E-state index in [1.807, 2.05) is 18.2 Å². The lowest BCUT2D eigenvalue weighted by Gasteiger charge is -2.50. The predicted octanol–water partition coefficient (Wildman–Crippen LogP) is 5.49. The van der Waals surface area contributed by atoms with Crippen LogP contribution in [-0.4, -0.2) is 117 Å². The number of hydrogen-bond donors (Lipinski definition) is 2. The minimum atomic E-state index is -0.201. The van der Waals surface area contributed by atoms with Crippen molar-refractivity contribution in [3.8, 4) is 17.2 Å². The summed E-state index contributed by atoms with van der Waals surface area (Å²) in [7, 11) is 3.23. The fourth-order valence-electron chi connectivity index (χ4n) is 6.99. The minimum absolute atomic E-state index is 0.0114. The van der Waals surface area contributed by atoms with Gasteiger partial charge in [-0.3, -0.25) is 24.5 Å². The number of halogens is 1. The molecule has 13 heteroatoms. The first-order valence-corrected chi connectivity index (χ1v) is 18.7. The van der Waals surface area contributed by atoms with E-state index in [2.05, 4.69) is 70.8 Å². The number of amides is 1. The number of aromatic nitrogens is 1. The number of hydrazone groups is 1. The van der Waals surface area contributed by atoms with E-state index in [0.29, 0.717) is 41.0 Å². The van der Waals surface area contributed by atoms with Crippen LogP contribution in [0.4, 0.5) is 5.69 Å². The van der Waals surface area contributed by atoms with E-state index < -0.39 is 0 Å². The molecule has 1 atom stereocenters. The van der Waals surface area contributed by atoms with Gasteiger partial charge in [0.15, 0.2) is 11.5 Å². The number of nitrogens with one attached hydrogen (secondary N) is 1. The van der Waals surface area contributed by atoms with Crippen LogP contribution in [0.25, 0.3) is 0 Å². The number of piperazine rings is 1. The van der Waals surface area contributed by atoms with Crippen molar-refractivity contribution in [3.05, 3.63) is 76.6 Å². The monoisotopic (exact) mass is 749 g/mol. The second-order valence-electron chi connectivity index (χ2n) is 14.9. The third kappa shape index (κ3) is 9.79. The lowest BCUT2D eigenvalue weighted by Crippen LogP contribution is -2.59. The Labute approximate surface area is 319 Å². The molecule has 2 aliphatic rings. The summed E-state index contributed by atoms with van der Waals surface area (Å²) in [6.45, 7) is 18.3. The molecule has 0 saturated carbocycles. The highest BCUT2D eigenvalue weighted by Crippen LogP contribution is 2.40. The van der Waals surface area contributed by atoms with E-state index in [-0.39, 0.29) is 29.4 Å². The molecule has 0 spiro atoms. The molecule has 3 heterocycles. The largest absolute Gasteiger partial charge is 0.495 e. The van der Waals surface area contributed by atoms with Gasteiger partial charge in [0.25, 0.3) is 0 Å². The number of morpholine rings is 1. The van der Waals surface area contributed by atoms with Crippen molar-refractivity contribution in [1.29, 1.82) is 0 Å². The summed E-state index contributed by atoms with van der Waals surface area (Å²) in [6.07, 6.45) is 4.08. The fraction of sp³-hybridized carbons (Fsp3) is 0.525. The Morgan fingerprint density at radius 1 is 0.962 bits per heavy atom. The molecule has 0 aliphatic carbocycles. The molecule has 1 unspecified atom stereocenters. The van der Waals surface area contributed by atoms with Gasteiger partial charge in [0.05, 0.1) is 51.3 Å². The van der Waals surface area contributed by atoms with Crippen LogP contribution in [-0.2, 0) is 16.0 Å². The van der Waals surface area contributed by atoms with Crippen molar-refractivity contribution in [2.24, 2.45) is 16.4 Å². The zero-order valence-electron chi connectivity index (χ0n) is 32.3. The second-order valence-corrected chi connectivity index (χ2v) is 15.3. The van der Waals surface area contributed by atoms with E-state index in [9.17, 15) is 4.79 Å². The first kappa shape index (κ1) is 40.2. The van der Waals surface area contributed by atoms with Crippen LogP contribution in [0.3, 0.4) is 0 Å². The maximum absolute atomic E-state index is 13.0. The summed E-state index contributed by atoms with van der Waals surface area (Å²) in [5, 5.41) is 7.71.